The van der Waals surface area contributed by atoms with Crippen molar-refractivity contribution < 1.29 is 19.8 Å². The van der Waals surface area contributed by atoms with E-state index in [-0.39, 0.29) is 11.1 Å². The zero-order chi connectivity index (χ0) is 14.1. The Labute approximate surface area is 107 Å². The number of carboxylic acid groups (broad SMARTS) is 2. The molecule has 4 heteroatoms. The molecule has 4 nitrogen and oxygen atoms in total. The highest BCUT2D eigenvalue weighted by molar-refractivity contribution is 5.93. The fraction of sp³-hybridized carbons (Fsp3) is 0.429. The average Bonchev–Trinajstić information content (AvgIpc) is 2.38. The van der Waals surface area contributed by atoms with Crippen molar-refractivity contribution >= 4 is 11.9 Å². The summed E-state index contributed by atoms with van der Waals surface area (Å²) in [6.45, 7) is 6.74. The van der Waals surface area contributed by atoms with Crippen molar-refractivity contribution in [3.8, 4) is 0 Å². The summed E-state index contributed by atoms with van der Waals surface area (Å²) in [6, 6.07) is 5.20. The second-order valence-corrected chi connectivity index (χ2v) is 4.11. The van der Waals surface area contributed by atoms with Gasteiger partial charge in [-0.05, 0) is 24.1 Å². The van der Waals surface area contributed by atoms with Gasteiger partial charge in [-0.15, -0.1) is 0 Å². The zero-order valence-electron chi connectivity index (χ0n) is 11.0. The molecule has 0 bridgehead atoms. The molecule has 0 amide bonds. The normalized spacial score (nSPS) is 9.56. The van der Waals surface area contributed by atoms with Gasteiger partial charge in [-0.1, -0.05) is 39.7 Å². The molecule has 2 N–H and O–H groups in total. The highest BCUT2D eigenvalue weighted by Crippen LogP contribution is 2.04. The summed E-state index contributed by atoms with van der Waals surface area (Å²) in [5.41, 5.74) is -0.0372. The molecule has 1 rings (SSSR count). The minimum Gasteiger partial charge on any atom is -0.478 e. The van der Waals surface area contributed by atoms with Crippen LogP contribution in [0.3, 0.4) is 0 Å². The van der Waals surface area contributed by atoms with Crippen molar-refractivity contribution in [3.63, 3.8) is 0 Å². The molecule has 0 aliphatic carbocycles. The molecule has 0 fully saturated rings. The first-order chi connectivity index (χ1) is 8.42. The van der Waals surface area contributed by atoms with Gasteiger partial charge in [0.1, 0.15) is 0 Å². The Kier molecular flexibility index (Phi) is 7.43. The molecule has 0 saturated heterocycles. The van der Waals surface area contributed by atoms with Gasteiger partial charge in [0.05, 0.1) is 11.1 Å². The van der Waals surface area contributed by atoms with Gasteiger partial charge < -0.3 is 10.2 Å². The van der Waals surface area contributed by atoms with Crippen molar-refractivity contribution in [2.24, 2.45) is 5.92 Å². The maximum Gasteiger partial charge on any atom is 0.335 e. The van der Waals surface area contributed by atoms with E-state index in [0.717, 1.165) is 12.0 Å². The highest BCUT2D eigenvalue weighted by atomic mass is 16.4. The van der Waals surface area contributed by atoms with E-state index in [0.29, 0.717) is 0 Å². The number of rotatable bonds is 4. The second-order valence-electron chi connectivity index (χ2n) is 4.11. The van der Waals surface area contributed by atoms with Crippen molar-refractivity contribution in [2.75, 3.05) is 0 Å². The van der Waals surface area contributed by atoms with Crippen LogP contribution in [0.2, 0.25) is 0 Å². The van der Waals surface area contributed by atoms with Gasteiger partial charge in [0, 0.05) is 0 Å². The lowest BCUT2D eigenvalue weighted by Crippen LogP contribution is -2.01. The van der Waals surface area contributed by atoms with E-state index in [1.165, 1.54) is 31.0 Å². The summed E-state index contributed by atoms with van der Waals surface area (Å²) >= 11 is 0. The molecule has 0 atom stereocenters. The van der Waals surface area contributed by atoms with Crippen molar-refractivity contribution in [1.29, 1.82) is 0 Å². The Hall–Kier alpha value is -1.84. The SMILES string of the molecule is CCC(C)CC.O=C(O)c1cccc(C(=O)O)c1. The van der Waals surface area contributed by atoms with E-state index in [1.54, 1.807) is 0 Å². The molecule has 1 aromatic carbocycles. The minimum atomic E-state index is -1.13. The van der Waals surface area contributed by atoms with Gasteiger partial charge >= 0.3 is 11.9 Å². The van der Waals surface area contributed by atoms with Crippen LogP contribution in [0.5, 0.6) is 0 Å². The number of benzene rings is 1. The van der Waals surface area contributed by atoms with Crippen LogP contribution in [0.4, 0.5) is 0 Å². The van der Waals surface area contributed by atoms with E-state index >= 15 is 0 Å². The molecule has 1 aromatic rings. The maximum absolute atomic E-state index is 10.4. The van der Waals surface area contributed by atoms with Crippen LogP contribution < -0.4 is 0 Å². The van der Waals surface area contributed by atoms with Crippen molar-refractivity contribution in [2.45, 2.75) is 33.6 Å². The standard InChI is InChI=1S/C8H6O4.C6H14/c9-7(10)5-2-1-3-6(4-5)8(11)12;1-4-6(3)5-2/h1-4H,(H,9,10)(H,11,12);6H,4-5H2,1-3H3. The van der Waals surface area contributed by atoms with E-state index in [1.807, 2.05) is 0 Å². The van der Waals surface area contributed by atoms with Gasteiger partial charge in [-0.3, -0.25) is 0 Å². The lowest BCUT2D eigenvalue weighted by Gasteiger charge is -1.98. The molecular formula is C14H20O4. The molecule has 0 radical (unpaired) electrons. The fourth-order valence-electron chi connectivity index (χ4n) is 1.07. The Balaban J connectivity index is 0.000000411. The summed E-state index contributed by atoms with van der Waals surface area (Å²) < 4.78 is 0. The topological polar surface area (TPSA) is 74.6 Å². The van der Waals surface area contributed by atoms with Crippen LogP contribution in [-0.4, -0.2) is 22.2 Å². The van der Waals surface area contributed by atoms with E-state index < -0.39 is 11.9 Å². The number of aromatic carboxylic acids is 2. The molecular weight excluding hydrogens is 232 g/mol. The van der Waals surface area contributed by atoms with Crippen molar-refractivity contribution in [1.82, 2.24) is 0 Å². The van der Waals surface area contributed by atoms with Crippen LogP contribution in [0.15, 0.2) is 24.3 Å². The van der Waals surface area contributed by atoms with Crippen LogP contribution >= 0.6 is 0 Å². The van der Waals surface area contributed by atoms with E-state index in [4.69, 9.17) is 10.2 Å². The van der Waals surface area contributed by atoms with Crippen LogP contribution in [0, 0.1) is 5.92 Å². The molecule has 0 spiro atoms. The van der Waals surface area contributed by atoms with E-state index in [9.17, 15) is 9.59 Å². The minimum absolute atomic E-state index is 0.0186. The molecule has 0 unspecified atom stereocenters. The summed E-state index contributed by atoms with van der Waals surface area (Å²) in [7, 11) is 0. The molecule has 0 heterocycles. The number of hydrogen-bond donors (Lipinski definition) is 2. The molecule has 0 saturated carbocycles. The number of carbonyl (C=O) groups is 2. The van der Waals surface area contributed by atoms with Gasteiger partial charge in [0.2, 0.25) is 0 Å². The summed E-state index contributed by atoms with van der Waals surface area (Å²) in [6.07, 6.45) is 2.66. The third-order valence-corrected chi connectivity index (χ3v) is 2.75. The van der Waals surface area contributed by atoms with Gasteiger partial charge in [-0.25, -0.2) is 9.59 Å². The first kappa shape index (κ1) is 16.2. The fourth-order valence-corrected chi connectivity index (χ4v) is 1.07. The van der Waals surface area contributed by atoms with Crippen LogP contribution in [0.25, 0.3) is 0 Å². The average molecular weight is 252 g/mol. The predicted octanol–water partition coefficient (Wildman–Crippen LogP) is 3.53. The first-order valence-corrected chi connectivity index (χ1v) is 5.98. The van der Waals surface area contributed by atoms with Crippen molar-refractivity contribution in [3.05, 3.63) is 35.4 Å². The Bertz CT molecular complexity index is 365. The quantitative estimate of drug-likeness (QED) is 0.859. The van der Waals surface area contributed by atoms with Gasteiger partial charge in [0.15, 0.2) is 0 Å². The monoisotopic (exact) mass is 252 g/mol. The largest absolute Gasteiger partial charge is 0.478 e. The third-order valence-electron chi connectivity index (χ3n) is 2.75. The first-order valence-electron chi connectivity index (χ1n) is 5.98. The van der Waals surface area contributed by atoms with Crippen LogP contribution in [-0.2, 0) is 0 Å². The third kappa shape index (κ3) is 6.03. The van der Waals surface area contributed by atoms with E-state index in [2.05, 4.69) is 20.8 Å². The number of hydrogen-bond acceptors (Lipinski definition) is 2. The molecule has 0 aliphatic rings. The summed E-state index contributed by atoms with van der Waals surface area (Å²) in [4.78, 5) is 20.8. The lowest BCUT2D eigenvalue weighted by atomic mass is 10.1. The van der Waals surface area contributed by atoms with Crippen LogP contribution in [0.1, 0.15) is 54.3 Å². The smallest absolute Gasteiger partial charge is 0.335 e. The maximum atomic E-state index is 10.4. The zero-order valence-corrected chi connectivity index (χ0v) is 11.0. The Morgan fingerprint density at radius 2 is 1.44 bits per heavy atom. The molecule has 100 valence electrons. The Morgan fingerprint density at radius 3 is 1.67 bits per heavy atom. The Morgan fingerprint density at radius 1 is 1.06 bits per heavy atom. The number of carboxylic acids is 2. The molecule has 0 aliphatic heterocycles. The second kappa shape index (κ2) is 8.28. The summed E-state index contributed by atoms with van der Waals surface area (Å²) in [5, 5.41) is 17.0. The highest BCUT2D eigenvalue weighted by Gasteiger charge is 2.06. The molecule has 0 aromatic heterocycles. The molecule has 18 heavy (non-hydrogen) atoms. The van der Waals surface area contributed by atoms with Gasteiger partial charge in [-0.2, -0.15) is 0 Å². The lowest BCUT2D eigenvalue weighted by molar-refractivity contribution is 0.0696. The predicted molar refractivity (Wildman–Crippen MR) is 70.1 cm³/mol. The van der Waals surface area contributed by atoms with Gasteiger partial charge in [0.25, 0.3) is 0 Å². The summed E-state index contributed by atoms with van der Waals surface area (Å²) in [5.74, 6) is -1.32.